The van der Waals surface area contributed by atoms with Gasteiger partial charge in [0.2, 0.25) is 0 Å². The van der Waals surface area contributed by atoms with Crippen LogP contribution in [0, 0.1) is 11.3 Å². The molecule has 0 radical (unpaired) electrons. The number of rotatable bonds is 4. The van der Waals surface area contributed by atoms with Gasteiger partial charge in [0.25, 0.3) is 10.0 Å². The number of nitrogens with zero attached hydrogens (tertiary/aromatic N) is 1. The van der Waals surface area contributed by atoms with Crippen molar-refractivity contribution in [1.29, 1.82) is 5.26 Å². The maximum absolute atomic E-state index is 12.5. The van der Waals surface area contributed by atoms with Gasteiger partial charge >= 0.3 is 5.97 Å². The molecule has 112 valence electrons. The maximum atomic E-state index is 12.5. The van der Waals surface area contributed by atoms with Gasteiger partial charge in [-0.2, -0.15) is 5.26 Å². The molecule has 0 spiro atoms. The van der Waals surface area contributed by atoms with Gasteiger partial charge in [-0.15, -0.1) is 0 Å². The number of para-hydroxylation sites is 1. The fourth-order valence-corrected chi connectivity index (χ4v) is 3.12. The first-order valence-corrected chi connectivity index (χ1v) is 7.67. The number of nitrogens with one attached hydrogen (secondary N) is 1. The summed E-state index contributed by atoms with van der Waals surface area (Å²) in [5, 5.41) is 9.01. The molecule has 0 fully saturated rings. The predicted octanol–water partition coefficient (Wildman–Crippen LogP) is 2.15. The van der Waals surface area contributed by atoms with Crippen molar-refractivity contribution in [3.05, 3.63) is 59.7 Å². The third-order valence-corrected chi connectivity index (χ3v) is 4.30. The number of ether oxygens (including phenoxy) is 1. The third kappa shape index (κ3) is 3.07. The number of benzene rings is 2. The molecule has 2 rings (SSSR count). The van der Waals surface area contributed by atoms with Crippen molar-refractivity contribution in [3.63, 3.8) is 0 Å². The summed E-state index contributed by atoms with van der Waals surface area (Å²) >= 11 is 0. The van der Waals surface area contributed by atoms with Crippen molar-refractivity contribution in [2.24, 2.45) is 0 Å². The van der Waals surface area contributed by atoms with Crippen LogP contribution >= 0.6 is 0 Å². The van der Waals surface area contributed by atoms with Gasteiger partial charge in [-0.05, 0) is 24.3 Å². The van der Waals surface area contributed by atoms with Crippen molar-refractivity contribution >= 4 is 21.7 Å². The van der Waals surface area contributed by atoms with Crippen LogP contribution in [0.1, 0.15) is 15.9 Å². The SMILES string of the molecule is COC(=O)c1ccccc1S(=O)(=O)Nc1ccccc1C#N. The van der Waals surface area contributed by atoms with Crippen LogP contribution in [0.2, 0.25) is 0 Å². The average Bonchev–Trinajstić information content (AvgIpc) is 2.54. The van der Waals surface area contributed by atoms with Crippen LogP contribution in [-0.2, 0) is 14.8 Å². The number of esters is 1. The lowest BCUT2D eigenvalue weighted by Gasteiger charge is -2.12. The van der Waals surface area contributed by atoms with Crippen LogP contribution in [0.5, 0.6) is 0 Å². The molecule has 2 aromatic rings. The molecule has 0 atom stereocenters. The Hall–Kier alpha value is -2.85. The van der Waals surface area contributed by atoms with Crippen molar-refractivity contribution < 1.29 is 17.9 Å². The maximum Gasteiger partial charge on any atom is 0.339 e. The highest BCUT2D eigenvalue weighted by molar-refractivity contribution is 7.92. The molecule has 0 unspecified atom stereocenters. The van der Waals surface area contributed by atoms with E-state index >= 15 is 0 Å². The van der Waals surface area contributed by atoms with Crippen LogP contribution in [0.25, 0.3) is 0 Å². The molecule has 0 aliphatic carbocycles. The fraction of sp³-hybridized carbons (Fsp3) is 0.0667. The van der Waals surface area contributed by atoms with E-state index in [-0.39, 0.29) is 21.7 Å². The standard InChI is InChI=1S/C15H12N2O4S/c1-21-15(18)12-7-3-5-9-14(12)22(19,20)17-13-8-4-2-6-11(13)10-16/h2-9,17H,1H3. The lowest BCUT2D eigenvalue weighted by molar-refractivity contribution is 0.0596. The molecule has 0 saturated carbocycles. The van der Waals surface area contributed by atoms with Gasteiger partial charge in [0.1, 0.15) is 11.0 Å². The summed E-state index contributed by atoms with van der Waals surface area (Å²) in [6.45, 7) is 0. The number of hydrogen-bond donors (Lipinski definition) is 1. The number of nitriles is 1. The lowest BCUT2D eigenvalue weighted by Crippen LogP contribution is -2.18. The first-order chi connectivity index (χ1) is 10.5. The summed E-state index contributed by atoms with van der Waals surface area (Å²) in [5.74, 6) is -0.755. The number of anilines is 1. The Morgan fingerprint density at radius 2 is 1.77 bits per heavy atom. The first-order valence-electron chi connectivity index (χ1n) is 6.19. The molecule has 0 amide bonds. The third-order valence-electron chi connectivity index (χ3n) is 2.87. The van der Waals surface area contributed by atoms with E-state index in [1.807, 2.05) is 6.07 Å². The highest BCUT2D eigenvalue weighted by atomic mass is 32.2. The molecule has 2 aromatic carbocycles. The first kappa shape index (κ1) is 15.5. The minimum atomic E-state index is -4.03. The molecule has 0 aliphatic rings. The van der Waals surface area contributed by atoms with Crippen molar-refractivity contribution in [3.8, 4) is 6.07 Å². The van der Waals surface area contributed by atoms with Crippen LogP contribution in [0.15, 0.2) is 53.4 Å². The number of carbonyl (C=O) groups excluding carboxylic acids is 1. The fourth-order valence-electron chi connectivity index (χ4n) is 1.85. The summed E-state index contributed by atoms with van der Waals surface area (Å²) in [6.07, 6.45) is 0. The van der Waals surface area contributed by atoms with Gasteiger partial charge in [0.15, 0.2) is 0 Å². The zero-order chi connectivity index (χ0) is 16.2. The minimum absolute atomic E-state index is 0.0769. The van der Waals surface area contributed by atoms with E-state index in [0.717, 1.165) is 0 Å². The number of sulfonamides is 1. The molecule has 7 heteroatoms. The Kier molecular flexibility index (Phi) is 4.44. The van der Waals surface area contributed by atoms with Gasteiger partial charge in [0, 0.05) is 0 Å². The molecule has 0 aromatic heterocycles. The summed E-state index contributed by atoms with van der Waals surface area (Å²) < 4.78 is 31.9. The second-order valence-electron chi connectivity index (χ2n) is 4.25. The Morgan fingerprint density at radius 1 is 1.14 bits per heavy atom. The topological polar surface area (TPSA) is 96.3 Å². The Labute approximate surface area is 128 Å². The van der Waals surface area contributed by atoms with Crippen LogP contribution in [0.4, 0.5) is 5.69 Å². The molecular weight excluding hydrogens is 304 g/mol. The molecule has 0 saturated heterocycles. The van der Waals surface area contributed by atoms with Gasteiger partial charge in [-0.25, -0.2) is 13.2 Å². The lowest BCUT2D eigenvalue weighted by atomic mass is 10.2. The van der Waals surface area contributed by atoms with Crippen molar-refractivity contribution in [2.45, 2.75) is 4.90 Å². The molecule has 1 N–H and O–H groups in total. The smallest absolute Gasteiger partial charge is 0.339 e. The van der Waals surface area contributed by atoms with Gasteiger partial charge in [-0.3, -0.25) is 4.72 Å². The highest BCUT2D eigenvalue weighted by Gasteiger charge is 2.23. The largest absolute Gasteiger partial charge is 0.465 e. The van der Waals surface area contributed by atoms with E-state index in [0.29, 0.717) is 0 Å². The zero-order valence-corrected chi connectivity index (χ0v) is 12.4. The van der Waals surface area contributed by atoms with E-state index < -0.39 is 16.0 Å². The van der Waals surface area contributed by atoms with Gasteiger partial charge in [-0.1, -0.05) is 24.3 Å². The van der Waals surface area contributed by atoms with Crippen LogP contribution < -0.4 is 4.72 Å². The minimum Gasteiger partial charge on any atom is -0.465 e. The zero-order valence-electron chi connectivity index (χ0n) is 11.6. The molecular formula is C15H12N2O4S. The van der Waals surface area contributed by atoms with Crippen molar-refractivity contribution in [2.75, 3.05) is 11.8 Å². The number of methoxy groups -OCH3 is 1. The molecule has 0 heterocycles. The number of hydrogen-bond acceptors (Lipinski definition) is 5. The second kappa shape index (κ2) is 6.28. The summed E-state index contributed by atoms with van der Waals surface area (Å²) in [5.41, 5.74) is 0.248. The van der Waals surface area contributed by atoms with E-state index in [2.05, 4.69) is 9.46 Å². The summed E-state index contributed by atoms with van der Waals surface area (Å²) in [7, 11) is -2.86. The van der Waals surface area contributed by atoms with Gasteiger partial charge < -0.3 is 4.74 Å². The summed E-state index contributed by atoms with van der Waals surface area (Å²) in [6, 6.07) is 13.8. The Balaban J connectivity index is 2.49. The van der Waals surface area contributed by atoms with E-state index in [1.165, 1.54) is 43.5 Å². The normalized spacial score (nSPS) is 10.5. The second-order valence-corrected chi connectivity index (χ2v) is 5.90. The van der Waals surface area contributed by atoms with E-state index in [9.17, 15) is 13.2 Å². The quantitative estimate of drug-likeness (QED) is 0.872. The van der Waals surface area contributed by atoms with E-state index in [1.54, 1.807) is 12.1 Å². The van der Waals surface area contributed by atoms with Crippen LogP contribution in [0.3, 0.4) is 0 Å². The van der Waals surface area contributed by atoms with E-state index in [4.69, 9.17) is 5.26 Å². The van der Waals surface area contributed by atoms with Gasteiger partial charge in [0.05, 0.1) is 23.9 Å². The summed E-state index contributed by atoms with van der Waals surface area (Å²) in [4.78, 5) is 11.5. The molecule has 6 nitrogen and oxygen atoms in total. The number of carbonyl (C=O) groups is 1. The highest BCUT2D eigenvalue weighted by Crippen LogP contribution is 2.22. The monoisotopic (exact) mass is 316 g/mol. The Morgan fingerprint density at radius 3 is 2.45 bits per heavy atom. The molecule has 0 aliphatic heterocycles. The predicted molar refractivity (Wildman–Crippen MR) is 79.7 cm³/mol. The molecule has 22 heavy (non-hydrogen) atoms. The van der Waals surface area contributed by atoms with Crippen molar-refractivity contribution in [1.82, 2.24) is 0 Å². The molecule has 0 bridgehead atoms. The van der Waals surface area contributed by atoms with Crippen LogP contribution in [-0.4, -0.2) is 21.5 Å². The Bertz CT molecular complexity index is 854. The average molecular weight is 316 g/mol.